The van der Waals surface area contributed by atoms with Crippen LogP contribution in [0, 0.1) is 12.7 Å². The van der Waals surface area contributed by atoms with Crippen molar-refractivity contribution in [3.63, 3.8) is 0 Å². The predicted octanol–water partition coefficient (Wildman–Crippen LogP) is 8.39. The first-order valence-corrected chi connectivity index (χ1v) is 21.5. The lowest BCUT2D eigenvalue weighted by Crippen LogP contribution is -2.52. The number of piperidine rings is 2. The maximum atomic E-state index is 14.9. The number of unbranched alkanes of at least 4 members (excludes halogenated alkanes) is 5. The summed E-state index contributed by atoms with van der Waals surface area (Å²) in [7, 11) is 3.16. The fourth-order valence-electron chi connectivity index (χ4n) is 9.33. The van der Waals surface area contributed by atoms with Gasteiger partial charge in [0, 0.05) is 35.2 Å². The van der Waals surface area contributed by atoms with Gasteiger partial charge in [-0.2, -0.15) is 13.2 Å². The highest BCUT2D eigenvalue weighted by atomic mass is 19.4. The van der Waals surface area contributed by atoms with E-state index < -0.39 is 35.5 Å². The number of nitrogens with two attached hydrogens (primary N) is 1. The molecule has 3 aromatic carbocycles. The molecule has 7 rings (SSSR count). The summed E-state index contributed by atoms with van der Waals surface area (Å²) in [5.41, 5.74) is 9.01. The molecule has 3 aliphatic rings. The smallest absolute Gasteiger partial charge is 0.416 e. The summed E-state index contributed by atoms with van der Waals surface area (Å²) in [6.07, 6.45) is 4.50. The van der Waals surface area contributed by atoms with E-state index in [0.29, 0.717) is 51.6 Å². The number of carbonyl (C=O) groups excluding carboxylic acids is 3. The second-order valence-electron chi connectivity index (χ2n) is 16.8. The third-order valence-electron chi connectivity index (χ3n) is 12.5. The Hall–Kier alpha value is -5.51. The number of imide groups is 1. The zero-order valence-electron chi connectivity index (χ0n) is 35.7. The number of nitrogens with one attached hydrogen (secondary N) is 2. The van der Waals surface area contributed by atoms with E-state index in [9.17, 15) is 31.9 Å². The summed E-state index contributed by atoms with van der Waals surface area (Å²) in [5.74, 6) is 0.575. The topological polar surface area (TPSA) is 152 Å². The number of ether oxygens (including phenoxy) is 2. The minimum Gasteiger partial charge on any atom is -0.493 e. The monoisotopic (exact) mass is 861 g/mol. The van der Waals surface area contributed by atoms with Gasteiger partial charge in [-0.05, 0) is 131 Å². The molecule has 332 valence electrons. The third kappa shape index (κ3) is 9.74. The zero-order chi connectivity index (χ0) is 44.3. The van der Waals surface area contributed by atoms with Gasteiger partial charge in [0.15, 0.2) is 11.5 Å². The highest BCUT2D eigenvalue weighted by Crippen LogP contribution is 2.42. The van der Waals surface area contributed by atoms with Gasteiger partial charge in [0.25, 0.3) is 5.91 Å². The van der Waals surface area contributed by atoms with Crippen LogP contribution in [0.15, 0.2) is 36.4 Å². The highest BCUT2D eigenvalue weighted by molar-refractivity contribution is 6.05. The van der Waals surface area contributed by atoms with E-state index in [1.807, 2.05) is 0 Å². The third-order valence-corrected chi connectivity index (χ3v) is 12.5. The van der Waals surface area contributed by atoms with Gasteiger partial charge in [-0.3, -0.25) is 19.7 Å². The van der Waals surface area contributed by atoms with Gasteiger partial charge in [0.05, 0.1) is 31.3 Å². The molecular weight excluding hydrogens is 807 g/mol. The Labute approximate surface area is 358 Å². The van der Waals surface area contributed by atoms with Crippen molar-refractivity contribution in [3.8, 4) is 11.5 Å². The summed E-state index contributed by atoms with van der Waals surface area (Å²) in [6.45, 7) is 6.54. The first kappa shape index (κ1) is 44.5. The number of halogens is 4. The molecule has 2 fully saturated rings. The number of benzene rings is 3. The van der Waals surface area contributed by atoms with Crippen LogP contribution in [0.4, 0.5) is 29.1 Å². The second kappa shape index (κ2) is 18.9. The van der Waals surface area contributed by atoms with Crippen LogP contribution in [0.3, 0.4) is 0 Å². The van der Waals surface area contributed by atoms with Crippen LogP contribution in [0.5, 0.6) is 11.5 Å². The number of carbonyl (C=O) groups is 3. The summed E-state index contributed by atoms with van der Waals surface area (Å²) < 4.78 is 67.2. The first-order valence-electron chi connectivity index (χ1n) is 21.5. The van der Waals surface area contributed by atoms with Gasteiger partial charge in [-0.25, -0.2) is 14.4 Å². The SMILES string of the molecule is COc1cc2c(N[C@H](C)c3cc(N)cc(C(F)(F)F)c3)nc(C)nc2c(CCCCCCCCN2CCC(c3cc(F)cc4c3CN(C3CCC(=O)NC3=O)C4=O)CC2)c1OC. The molecule has 1 aromatic heterocycles. The van der Waals surface area contributed by atoms with E-state index in [4.69, 9.17) is 20.2 Å². The Morgan fingerprint density at radius 3 is 2.35 bits per heavy atom. The summed E-state index contributed by atoms with van der Waals surface area (Å²) in [4.78, 5) is 50.9. The van der Waals surface area contributed by atoms with Gasteiger partial charge >= 0.3 is 6.18 Å². The number of amides is 3. The molecule has 1 unspecified atom stereocenters. The van der Waals surface area contributed by atoms with Crippen LogP contribution in [-0.2, 0) is 28.7 Å². The van der Waals surface area contributed by atoms with Gasteiger partial charge in [0.1, 0.15) is 23.5 Å². The van der Waals surface area contributed by atoms with E-state index in [0.717, 1.165) is 99.8 Å². The van der Waals surface area contributed by atoms with Gasteiger partial charge in [0.2, 0.25) is 11.8 Å². The number of aryl methyl sites for hydroxylation is 2. The molecule has 0 saturated carbocycles. The Balaban J connectivity index is 0.896. The molecule has 2 saturated heterocycles. The quantitative estimate of drug-likeness (QED) is 0.0434. The lowest BCUT2D eigenvalue weighted by Gasteiger charge is -2.33. The van der Waals surface area contributed by atoms with Crippen LogP contribution >= 0.6 is 0 Å². The van der Waals surface area contributed by atoms with Gasteiger partial charge in [-0.1, -0.05) is 25.7 Å². The number of hydrogen-bond donors (Lipinski definition) is 3. The number of fused-ring (bicyclic) bond motifs is 2. The molecule has 0 spiro atoms. The van der Waals surface area contributed by atoms with Crippen molar-refractivity contribution < 1.29 is 41.4 Å². The fourth-order valence-corrected chi connectivity index (χ4v) is 9.33. The summed E-state index contributed by atoms with van der Waals surface area (Å²) >= 11 is 0. The number of likely N-dealkylation sites (tertiary alicyclic amines) is 1. The summed E-state index contributed by atoms with van der Waals surface area (Å²) in [6, 6.07) is 6.88. The molecule has 4 aromatic rings. The second-order valence-corrected chi connectivity index (χ2v) is 16.8. The number of hydrogen-bond acceptors (Lipinski definition) is 10. The zero-order valence-corrected chi connectivity index (χ0v) is 35.7. The van der Waals surface area contributed by atoms with Crippen LogP contribution in [0.25, 0.3) is 10.9 Å². The van der Waals surface area contributed by atoms with Crippen molar-refractivity contribution in [2.45, 2.75) is 115 Å². The Morgan fingerprint density at radius 1 is 0.935 bits per heavy atom. The normalized spacial score (nSPS) is 18.0. The molecule has 4 heterocycles. The fraction of sp³-hybridized carbons (Fsp3) is 0.500. The van der Waals surface area contributed by atoms with E-state index in [1.54, 1.807) is 40.2 Å². The van der Waals surface area contributed by atoms with E-state index in [-0.39, 0.29) is 42.8 Å². The average Bonchev–Trinajstić information content (AvgIpc) is 3.55. The Kier molecular flexibility index (Phi) is 13.5. The predicted molar refractivity (Wildman–Crippen MR) is 228 cm³/mol. The van der Waals surface area contributed by atoms with Crippen molar-refractivity contribution in [1.82, 2.24) is 25.1 Å². The molecule has 3 amide bonds. The molecule has 4 N–H and O–H groups in total. The molecule has 2 atom stereocenters. The molecular formula is C46H55F4N7O5. The molecule has 0 aliphatic carbocycles. The highest BCUT2D eigenvalue weighted by Gasteiger charge is 2.41. The number of rotatable bonds is 16. The number of methoxy groups -OCH3 is 2. The minimum atomic E-state index is -4.53. The average molecular weight is 862 g/mol. The number of nitrogen functional groups attached to an aromatic ring is 1. The van der Waals surface area contributed by atoms with Crippen LogP contribution < -0.4 is 25.8 Å². The number of nitrogens with zero attached hydrogens (tertiary/aromatic N) is 4. The van der Waals surface area contributed by atoms with Crippen molar-refractivity contribution in [3.05, 3.63) is 81.4 Å². The first-order chi connectivity index (χ1) is 29.6. The van der Waals surface area contributed by atoms with E-state index in [2.05, 4.69) is 20.5 Å². The maximum Gasteiger partial charge on any atom is 0.416 e. The van der Waals surface area contributed by atoms with Crippen molar-refractivity contribution in [2.24, 2.45) is 0 Å². The van der Waals surface area contributed by atoms with Gasteiger partial charge in [-0.15, -0.1) is 0 Å². The van der Waals surface area contributed by atoms with Crippen LogP contribution in [0.1, 0.15) is 127 Å². The number of alkyl halides is 3. The van der Waals surface area contributed by atoms with E-state index in [1.165, 1.54) is 17.0 Å². The van der Waals surface area contributed by atoms with Crippen LogP contribution in [0.2, 0.25) is 0 Å². The molecule has 12 nitrogen and oxygen atoms in total. The molecule has 0 radical (unpaired) electrons. The Bertz CT molecular complexity index is 2330. The maximum absolute atomic E-state index is 14.9. The molecule has 0 bridgehead atoms. The molecule has 3 aliphatic heterocycles. The van der Waals surface area contributed by atoms with Gasteiger partial charge < -0.3 is 30.3 Å². The summed E-state index contributed by atoms with van der Waals surface area (Å²) in [5, 5.41) is 6.30. The number of aromatic nitrogens is 2. The van der Waals surface area contributed by atoms with Crippen LogP contribution in [-0.4, -0.2) is 77.4 Å². The van der Waals surface area contributed by atoms with Crippen molar-refractivity contribution in [2.75, 3.05) is 44.9 Å². The molecule has 62 heavy (non-hydrogen) atoms. The largest absolute Gasteiger partial charge is 0.493 e. The van der Waals surface area contributed by atoms with Crippen molar-refractivity contribution in [1.29, 1.82) is 0 Å². The number of anilines is 2. The lowest BCUT2D eigenvalue weighted by molar-refractivity contribution is -0.138. The van der Waals surface area contributed by atoms with Crippen molar-refractivity contribution >= 4 is 40.1 Å². The molecule has 16 heteroatoms. The lowest BCUT2D eigenvalue weighted by atomic mass is 9.85. The standard InChI is InChI=1S/C46H55F4N7O5/c1-26(29-19-30(46(48,49)50)21-32(51)20-29)52-43-36-24-39(61-3)42(62-4)33(41(36)53-27(2)54-43)11-9-7-5-6-8-10-16-56-17-14-28(15-18-56)34-22-31(47)23-35-37(34)25-57(45(35)60)38-12-13-40(58)55-44(38)59/h19-24,26,28,38H,5-18,25,51H2,1-4H3,(H,52,53,54)(H,55,58,59)/t26-,38?/m1/s1. The Morgan fingerprint density at radius 2 is 1.66 bits per heavy atom. The minimum absolute atomic E-state index is 0.0217. The van der Waals surface area contributed by atoms with E-state index >= 15 is 0 Å².